The van der Waals surface area contributed by atoms with Crippen LogP contribution in [0.4, 0.5) is 0 Å². The van der Waals surface area contributed by atoms with Crippen LogP contribution in [0.25, 0.3) is 0 Å². The van der Waals surface area contributed by atoms with Crippen LogP contribution < -0.4 is 15.8 Å². The van der Waals surface area contributed by atoms with Gasteiger partial charge < -0.3 is 15.8 Å². The molecular weight excluding hydrogens is 242 g/mol. The van der Waals surface area contributed by atoms with E-state index in [0.29, 0.717) is 12.3 Å². The standard InChI is InChI=1S/C14H23N3O2/c1-4-14(15,5-2)10-17-13(18)11(3)19-12-7-6-8-16-9-12/h6-9,11H,4-5,10,15H2,1-3H3,(H,17,18). The molecule has 5 nitrogen and oxygen atoms in total. The highest BCUT2D eigenvalue weighted by Gasteiger charge is 2.23. The third kappa shape index (κ3) is 4.87. The van der Waals surface area contributed by atoms with E-state index < -0.39 is 6.10 Å². The SMILES string of the molecule is CCC(N)(CC)CNC(=O)C(C)Oc1cccnc1. The lowest BCUT2D eigenvalue weighted by Gasteiger charge is -2.27. The van der Waals surface area contributed by atoms with Crippen LogP contribution in [0.2, 0.25) is 0 Å². The lowest BCUT2D eigenvalue weighted by molar-refractivity contribution is -0.127. The van der Waals surface area contributed by atoms with Gasteiger partial charge in [0.25, 0.3) is 5.91 Å². The Bertz CT molecular complexity index is 391. The van der Waals surface area contributed by atoms with E-state index >= 15 is 0 Å². The van der Waals surface area contributed by atoms with E-state index in [0.717, 1.165) is 12.8 Å². The Hall–Kier alpha value is -1.62. The van der Waals surface area contributed by atoms with Crippen molar-refractivity contribution >= 4 is 5.91 Å². The van der Waals surface area contributed by atoms with Crippen molar-refractivity contribution in [3.05, 3.63) is 24.5 Å². The molecule has 106 valence electrons. The average Bonchev–Trinajstić information content (AvgIpc) is 2.45. The first-order valence-electron chi connectivity index (χ1n) is 6.64. The van der Waals surface area contributed by atoms with Crippen molar-refractivity contribution in [1.29, 1.82) is 0 Å². The van der Waals surface area contributed by atoms with E-state index in [1.807, 2.05) is 13.8 Å². The lowest BCUT2D eigenvalue weighted by atomic mass is 9.94. The van der Waals surface area contributed by atoms with Crippen molar-refractivity contribution in [3.8, 4) is 5.75 Å². The number of amides is 1. The molecule has 3 N–H and O–H groups in total. The highest BCUT2D eigenvalue weighted by molar-refractivity contribution is 5.80. The monoisotopic (exact) mass is 265 g/mol. The maximum atomic E-state index is 11.9. The minimum atomic E-state index is -0.567. The van der Waals surface area contributed by atoms with Gasteiger partial charge in [-0.3, -0.25) is 9.78 Å². The molecule has 1 rings (SSSR count). The van der Waals surface area contributed by atoms with Crippen LogP contribution in [0.1, 0.15) is 33.6 Å². The molecule has 1 atom stereocenters. The summed E-state index contributed by atoms with van der Waals surface area (Å²) < 4.78 is 5.49. The molecule has 0 aliphatic rings. The van der Waals surface area contributed by atoms with E-state index in [4.69, 9.17) is 10.5 Å². The molecule has 1 unspecified atom stereocenters. The molecule has 1 aromatic rings. The van der Waals surface area contributed by atoms with Crippen molar-refractivity contribution in [2.75, 3.05) is 6.54 Å². The number of carbonyl (C=O) groups excluding carboxylic acids is 1. The molecule has 0 bridgehead atoms. The third-order valence-electron chi connectivity index (χ3n) is 3.34. The Morgan fingerprint density at radius 2 is 2.21 bits per heavy atom. The van der Waals surface area contributed by atoms with Gasteiger partial charge in [-0.15, -0.1) is 0 Å². The zero-order valence-electron chi connectivity index (χ0n) is 11.8. The highest BCUT2D eigenvalue weighted by Crippen LogP contribution is 2.11. The van der Waals surface area contributed by atoms with Crippen molar-refractivity contribution in [2.45, 2.75) is 45.3 Å². The van der Waals surface area contributed by atoms with Gasteiger partial charge in [-0.2, -0.15) is 0 Å². The second kappa shape index (κ2) is 7.09. The van der Waals surface area contributed by atoms with Crippen LogP contribution in [-0.4, -0.2) is 29.1 Å². The summed E-state index contributed by atoms with van der Waals surface area (Å²) in [4.78, 5) is 15.8. The van der Waals surface area contributed by atoms with Crippen molar-refractivity contribution in [1.82, 2.24) is 10.3 Å². The fraction of sp³-hybridized carbons (Fsp3) is 0.571. The number of rotatable bonds is 7. The van der Waals surface area contributed by atoms with Gasteiger partial charge in [-0.05, 0) is 31.9 Å². The molecule has 1 aromatic heterocycles. The second-order valence-electron chi connectivity index (χ2n) is 4.74. The van der Waals surface area contributed by atoms with Crippen molar-refractivity contribution in [2.24, 2.45) is 5.73 Å². The van der Waals surface area contributed by atoms with Gasteiger partial charge in [0.15, 0.2) is 6.10 Å². The van der Waals surface area contributed by atoms with Crippen LogP contribution in [0.5, 0.6) is 5.75 Å². The summed E-state index contributed by atoms with van der Waals surface area (Å²) in [5.74, 6) is 0.413. The molecule has 0 aromatic carbocycles. The van der Waals surface area contributed by atoms with Gasteiger partial charge in [0.1, 0.15) is 5.75 Å². The van der Waals surface area contributed by atoms with E-state index in [-0.39, 0.29) is 11.4 Å². The number of nitrogens with two attached hydrogens (primary N) is 1. The largest absolute Gasteiger partial charge is 0.479 e. The first kappa shape index (κ1) is 15.4. The van der Waals surface area contributed by atoms with Gasteiger partial charge in [-0.1, -0.05) is 13.8 Å². The number of ether oxygens (including phenoxy) is 1. The molecule has 5 heteroatoms. The normalized spacial score (nSPS) is 12.8. The Morgan fingerprint density at radius 3 is 2.74 bits per heavy atom. The van der Waals surface area contributed by atoms with E-state index in [1.165, 1.54) is 0 Å². The average molecular weight is 265 g/mol. The number of nitrogens with zero attached hydrogens (tertiary/aromatic N) is 1. The van der Waals surface area contributed by atoms with E-state index in [9.17, 15) is 4.79 Å². The maximum Gasteiger partial charge on any atom is 0.260 e. The minimum absolute atomic E-state index is 0.166. The van der Waals surface area contributed by atoms with Gasteiger partial charge in [0.05, 0.1) is 6.20 Å². The van der Waals surface area contributed by atoms with Gasteiger partial charge in [0, 0.05) is 18.3 Å². The van der Waals surface area contributed by atoms with Crippen LogP contribution in [0.15, 0.2) is 24.5 Å². The number of hydrogen-bond donors (Lipinski definition) is 2. The molecule has 0 spiro atoms. The van der Waals surface area contributed by atoms with Gasteiger partial charge in [-0.25, -0.2) is 0 Å². The fourth-order valence-corrected chi connectivity index (χ4v) is 1.58. The van der Waals surface area contributed by atoms with Crippen LogP contribution in [0, 0.1) is 0 Å². The zero-order valence-corrected chi connectivity index (χ0v) is 11.8. The fourth-order valence-electron chi connectivity index (χ4n) is 1.58. The Balaban J connectivity index is 2.45. The van der Waals surface area contributed by atoms with E-state index in [2.05, 4.69) is 10.3 Å². The van der Waals surface area contributed by atoms with Gasteiger partial charge >= 0.3 is 0 Å². The summed E-state index contributed by atoms with van der Waals surface area (Å²) in [6.45, 7) is 6.20. The van der Waals surface area contributed by atoms with E-state index in [1.54, 1.807) is 31.5 Å². The molecule has 0 aliphatic carbocycles. The summed E-state index contributed by atoms with van der Waals surface area (Å²) in [7, 11) is 0. The summed E-state index contributed by atoms with van der Waals surface area (Å²) in [5, 5.41) is 2.84. The minimum Gasteiger partial charge on any atom is -0.479 e. The Labute approximate surface area is 114 Å². The molecule has 19 heavy (non-hydrogen) atoms. The molecule has 0 saturated heterocycles. The highest BCUT2D eigenvalue weighted by atomic mass is 16.5. The lowest BCUT2D eigenvalue weighted by Crippen LogP contribution is -2.51. The topological polar surface area (TPSA) is 77.2 Å². The number of aromatic nitrogens is 1. The quantitative estimate of drug-likeness (QED) is 0.783. The zero-order chi connectivity index (χ0) is 14.3. The van der Waals surface area contributed by atoms with Crippen molar-refractivity contribution < 1.29 is 9.53 Å². The Kier molecular flexibility index (Phi) is 5.76. The molecule has 0 radical (unpaired) electrons. The van der Waals surface area contributed by atoms with Gasteiger partial charge in [0.2, 0.25) is 0 Å². The Morgan fingerprint density at radius 1 is 1.53 bits per heavy atom. The predicted molar refractivity (Wildman–Crippen MR) is 74.8 cm³/mol. The first-order chi connectivity index (χ1) is 9.00. The number of carbonyl (C=O) groups is 1. The molecule has 1 amide bonds. The second-order valence-corrected chi connectivity index (χ2v) is 4.74. The van der Waals surface area contributed by atoms with Crippen LogP contribution >= 0.6 is 0 Å². The predicted octanol–water partition coefficient (Wildman–Crippen LogP) is 1.48. The van der Waals surface area contributed by atoms with Crippen LogP contribution in [0.3, 0.4) is 0 Å². The molecular formula is C14H23N3O2. The molecule has 1 heterocycles. The molecule has 0 fully saturated rings. The summed E-state index contributed by atoms with van der Waals surface area (Å²) in [5.41, 5.74) is 5.79. The number of pyridine rings is 1. The number of nitrogens with one attached hydrogen (secondary N) is 1. The third-order valence-corrected chi connectivity index (χ3v) is 3.34. The molecule has 0 aliphatic heterocycles. The smallest absolute Gasteiger partial charge is 0.260 e. The summed E-state index contributed by atoms with van der Waals surface area (Å²) in [6, 6.07) is 3.53. The molecule has 0 saturated carbocycles. The summed E-state index contributed by atoms with van der Waals surface area (Å²) >= 11 is 0. The van der Waals surface area contributed by atoms with Crippen LogP contribution in [-0.2, 0) is 4.79 Å². The summed E-state index contributed by atoms with van der Waals surface area (Å²) in [6.07, 6.45) is 4.31. The maximum absolute atomic E-state index is 11.9. The number of hydrogen-bond acceptors (Lipinski definition) is 4. The van der Waals surface area contributed by atoms with Crippen molar-refractivity contribution in [3.63, 3.8) is 0 Å². The first-order valence-corrected chi connectivity index (χ1v) is 6.64.